The number of benzene rings is 1. The van der Waals surface area contributed by atoms with Gasteiger partial charge in [-0.25, -0.2) is 4.98 Å². The van der Waals surface area contributed by atoms with Crippen molar-refractivity contribution in [1.29, 1.82) is 0 Å². The van der Waals surface area contributed by atoms with Crippen LogP contribution in [0.25, 0.3) is 0 Å². The zero-order valence-electron chi connectivity index (χ0n) is 14.9. The van der Waals surface area contributed by atoms with Gasteiger partial charge in [0.2, 0.25) is 5.91 Å². The Labute approximate surface area is 153 Å². The van der Waals surface area contributed by atoms with Gasteiger partial charge < -0.3 is 15.5 Å². The maximum atomic E-state index is 12.8. The average molecular weight is 359 g/mol. The van der Waals surface area contributed by atoms with E-state index in [4.69, 9.17) is 5.73 Å². The fourth-order valence-electron chi connectivity index (χ4n) is 3.13. The zero-order chi connectivity index (χ0) is 17.8. The first-order valence-electron chi connectivity index (χ1n) is 8.89. The summed E-state index contributed by atoms with van der Waals surface area (Å²) in [6.07, 6.45) is 2.98. The number of nitrogens with zero attached hydrogens (tertiary/aromatic N) is 3. The van der Waals surface area contributed by atoms with Crippen molar-refractivity contribution in [1.82, 2.24) is 9.88 Å². The third-order valence-corrected chi connectivity index (χ3v) is 6.07. The molecule has 1 fully saturated rings. The monoisotopic (exact) mass is 358 g/mol. The van der Waals surface area contributed by atoms with Crippen molar-refractivity contribution < 1.29 is 4.79 Å². The molecule has 1 aliphatic heterocycles. The Hall–Kier alpha value is -1.92. The molecular formula is C19H26N4OS. The average Bonchev–Trinajstić information content (AvgIpc) is 3.16. The number of carbonyl (C=O) groups is 1. The molecular weight excluding hydrogens is 332 g/mol. The molecule has 0 aliphatic carbocycles. The van der Waals surface area contributed by atoms with Gasteiger partial charge in [0.15, 0.2) is 5.13 Å². The van der Waals surface area contributed by atoms with Gasteiger partial charge in [0.1, 0.15) is 0 Å². The Morgan fingerprint density at radius 3 is 2.52 bits per heavy atom. The maximum Gasteiger partial charge on any atom is 0.227 e. The smallest absolute Gasteiger partial charge is 0.227 e. The molecule has 2 heterocycles. The van der Waals surface area contributed by atoms with E-state index in [1.165, 1.54) is 4.88 Å². The largest absolute Gasteiger partial charge is 0.345 e. The summed E-state index contributed by atoms with van der Waals surface area (Å²) in [4.78, 5) is 22.8. The van der Waals surface area contributed by atoms with E-state index >= 15 is 0 Å². The van der Waals surface area contributed by atoms with Crippen LogP contribution in [0.15, 0.2) is 36.5 Å². The molecule has 1 amide bonds. The van der Waals surface area contributed by atoms with Crippen LogP contribution in [0.2, 0.25) is 0 Å². The number of rotatable bonds is 5. The predicted molar refractivity (Wildman–Crippen MR) is 103 cm³/mol. The first-order chi connectivity index (χ1) is 12.1. The number of hydrogen-bond acceptors (Lipinski definition) is 5. The lowest BCUT2D eigenvalue weighted by Gasteiger charge is -2.36. The number of aromatic nitrogens is 1. The van der Waals surface area contributed by atoms with Crippen molar-refractivity contribution in [3.63, 3.8) is 0 Å². The van der Waals surface area contributed by atoms with Crippen molar-refractivity contribution in [3.8, 4) is 0 Å². The zero-order valence-corrected chi connectivity index (χ0v) is 15.7. The number of piperazine rings is 1. The molecule has 0 bridgehead atoms. The number of carbonyl (C=O) groups excluding carboxylic acids is 1. The summed E-state index contributed by atoms with van der Waals surface area (Å²) >= 11 is 1.75. The van der Waals surface area contributed by atoms with E-state index in [1.807, 2.05) is 48.4 Å². The van der Waals surface area contributed by atoms with Crippen molar-refractivity contribution >= 4 is 22.4 Å². The molecule has 1 aliphatic rings. The Bertz CT molecular complexity index is 694. The van der Waals surface area contributed by atoms with Crippen LogP contribution in [0, 0.1) is 5.92 Å². The van der Waals surface area contributed by atoms with E-state index in [0.717, 1.165) is 43.3 Å². The molecule has 5 nitrogen and oxygen atoms in total. The Morgan fingerprint density at radius 1 is 1.24 bits per heavy atom. The molecule has 2 N–H and O–H groups in total. The fraction of sp³-hybridized carbons (Fsp3) is 0.474. The van der Waals surface area contributed by atoms with Crippen LogP contribution in [0.1, 0.15) is 30.3 Å². The second-order valence-electron chi connectivity index (χ2n) is 6.50. The highest BCUT2D eigenvalue weighted by molar-refractivity contribution is 7.15. The van der Waals surface area contributed by atoms with Crippen LogP contribution in [-0.4, -0.2) is 42.0 Å². The van der Waals surface area contributed by atoms with E-state index in [2.05, 4.69) is 16.8 Å². The highest BCUT2D eigenvalue weighted by Crippen LogP contribution is 2.25. The van der Waals surface area contributed by atoms with E-state index in [9.17, 15) is 4.79 Å². The van der Waals surface area contributed by atoms with E-state index in [1.54, 1.807) is 11.3 Å². The summed E-state index contributed by atoms with van der Waals surface area (Å²) < 4.78 is 0. The minimum atomic E-state index is -0.266. The summed E-state index contributed by atoms with van der Waals surface area (Å²) in [6, 6.07) is 9.59. The number of thiazole rings is 1. The van der Waals surface area contributed by atoms with Crippen LogP contribution >= 0.6 is 11.3 Å². The summed E-state index contributed by atoms with van der Waals surface area (Å²) in [5.74, 6) is -0.0788. The number of hydrogen-bond donors (Lipinski definition) is 1. The van der Waals surface area contributed by atoms with Crippen LogP contribution in [-0.2, 0) is 11.2 Å². The van der Waals surface area contributed by atoms with E-state index in [-0.39, 0.29) is 17.9 Å². The number of nitrogens with two attached hydrogens (primary N) is 1. The molecule has 25 heavy (non-hydrogen) atoms. The van der Waals surface area contributed by atoms with Gasteiger partial charge in [-0.1, -0.05) is 44.2 Å². The van der Waals surface area contributed by atoms with Gasteiger partial charge in [-0.2, -0.15) is 0 Å². The van der Waals surface area contributed by atoms with Crippen molar-refractivity contribution in [2.24, 2.45) is 11.7 Å². The van der Waals surface area contributed by atoms with Gasteiger partial charge in [-0.05, 0) is 12.0 Å². The molecule has 2 unspecified atom stereocenters. The molecule has 1 aromatic heterocycles. The molecule has 6 heteroatoms. The first kappa shape index (κ1) is 17.9. The van der Waals surface area contributed by atoms with Crippen LogP contribution in [0.5, 0.6) is 0 Å². The highest BCUT2D eigenvalue weighted by atomic mass is 32.1. The predicted octanol–water partition coefficient (Wildman–Crippen LogP) is 2.69. The first-order valence-corrected chi connectivity index (χ1v) is 9.70. The third kappa shape index (κ3) is 4.02. The molecule has 1 saturated heterocycles. The lowest BCUT2D eigenvalue weighted by molar-refractivity contribution is -0.136. The maximum absolute atomic E-state index is 12.8. The summed E-state index contributed by atoms with van der Waals surface area (Å²) in [5.41, 5.74) is 7.33. The minimum absolute atomic E-state index is 0.143. The van der Waals surface area contributed by atoms with Gasteiger partial charge in [0.25, 0.3) is 0 Å². The molecule has 2 atom stereocenters. The molecule has 0 spiro atoms. The van der Waals surface area contributed by atoms with Gasteiger partial charge >= 0.3 is 0 Å². The van der Waals surface area contributed by atoms with Crippen molar-refractivity contribution in [3.05, 3.63) is 47.0 Å². The fourth-order valence-corrected chi connectivity index (χ4v) is 4.03. The number of anilines is 1. The Morgan fingerprint density at radius 2 is 1.92 bits per heavy atom. The standard InChI is InChI=1S/C19H26N4OS/c1-3-16-13-21-19(25-16)23-11-9-22(10-12-23)18(24)14(2)17(20)15-7-5-4-6-8-15/h4-8,13-14,17H,3,9-12,20H2,1-2H3. The molecule has 0 radical (unpaired) electrons. The molecule has 2 aromatic rings. The van der Waals surface area contributed by atoms with E-state index in [0.29, 0.717) is 0 Å². The molecule has 3 rings (SSSR count). The van der Waals surface area contributed by atoms with Gasteiger partial charge in [0, 0.05) is 43.3 Å². The SMILES string of the molecule is CCc1cnc(N2CCN(C(=O)C(C)C(N)c3ccccc3)CC2)s1. The van der Waals surface area contributed by atoms with Crippen LogP contribution in [0.3, 0.4) is 0 Å². The minimum Gasteiger partial charge on any atom is -0.345 e. The summed E-state index contributed by atoms with van der Waals surface area (Å²) in [5, 5.41) is 1.07. The quantitative estimate of drug-likeness (QED) is 0.893. The highest BCUT2D eigenvalue weighted by Gasteiger charge is 2.29. The number of aryl methyl sites for hydroxylation is 1. The molecule has 0 saturated carbocycles. The van der Waals surface area contributed by atoms with Gasteiger partial charge in [0.05, 0.1) is 5.92 Å². The second kappa shape index (κ2) is 7.97. The normalized spacial score (nSPS) is 17.4. The Kier molecular flexibility index (Phi) is 5.71. The van der Waals surface area contributed by atoms with Crippen LogP contribution < -0.4 is 10.6 Å². The Balaban J connectivity index is 1.57. The summed E-state index contributed by atoms with van der Waals surface area (Å²) in [6.45, 7) is 7.19. The lowest BCUT2D eigenvalue weighted by Crippen LogP contribution is -2.51. The van der Waals surface area contributed by atoms with Gasteiger partial charge in [-0.15, -0.1) is 11.3 Å². The lowest BCUT2D eigenvalue weighted by atomic mass is 9.94. The van der Waals surface area contributed by atoms with Crippen molar-refractivity contribution in [2.45, 2.75) is 26.3 Å². The van der Waals surface area contributed by atoms with Gasteiger partial charge in [-0.3, -0.25) is 4.79 Å². The second-order valence-corrected chi connectivity index (χ2v) is 7.59. The molecule has 1 aromatic carbocycles. The number of amides is 1. The molecule has 134 valence electrons. The van der Waals surface area contributed by atoms with Crippen molar-refractivity contribution in [2.75, 3.05) is 31.1 Å². The topological polar surface area (TPSA) is 62.5 Å². The summed E-state index contributed by atoms with van der Waals surface area (Å²) in [7, 11) is 0. The van der Waals surface area contributed by atoms with Crippen LogP contribution in [0.4, 0.5) is 5.13 Å². The third-order valence-electron chi connectivity index (χ3n) is 4.86. The van der Waals surface area contributed by atoms with E-state index < -0.39 is 0 Å².